The minimum atomic E-state index is 0.622. The largest absolute Gasteiger partial charge is 0.225 e. The van der Waals surface area contributed by atoms with Crippen LogP contribution >= 0.6 is 11.3 Å². The van der Waals surface area contributed by atoms with E-state index in [1.54, 1.807) is 17.2 Å². The number of fused-ring (bicyclic) bond motifs is 5. The highest BCUT2D eigenvalue weighted by atomic mass is 32.1. The van der Waals surface area contributed by atoms with E-state index in [4.69, 9.17) is 0 Å². The Morgan fingerprint density at radius 2 is 2.35 bits per heavy atom. The number of hydrogen-bond donors (Lipinski definition) is 0. The monoisotopic (exact) mass is 244 g/mol. The molecule has 3 heterocycles. The van der Waals surface area contributed by atoms with Crippen LogP contribution in [-0.4, -0.2) is 19.6 Å². The van der Waals surface area contributed by atoms with Crippen molar-refractivity contribution in [2.24, 2.45) is 0 Å². The predicted molar refractivity (Wildman–Crippen MR) is 67.5 cm³/mol. The van der Waals surface area contributed by atoms with E-state index in [2.05, 4.69) is 22.0 Å². The van der Waals surface area contributed by atoms with Crippen LogP contribution in [0.25, 0.3) is 15.9 Å². The summed E-state index contributed by atoms with van der Waals surface area (Å²) in [6, 6.07) is 0. The first-order valence-electron chi connectivity index (χ1n) is 5.94. The highest BCUT2D eigenvalue weighted by molar-refractivity contribution is 7.19. The van der Waals surface area contributed by atoms with Gasteiger partial charge in [-0.2, -0.15) is 5.10 Å². The molecule has 0 saturated carbocycles. The third-order valence-corrected chi connectivity index (χ3v) is 4.79. The van der Waals surface area contributed by atoms with Crippen molar-refractivity contribution >= 4 is 27.2 Å². The molecule has 1 aliphatic rings. The summed E-state index contributed by atoms with van der Waals surface area (Å²) in [5.41, 5.74) is 2.43. The second-order valence-corrected chi connectivity index (χ2v) is 5.77. The van der Waals surface area contributed by atoms with Crippen LogP contribution in [0.5, 0.6) is 0 Å². The van der Waals surface area contributed by atoms with E-state index in [0.717, 1.165) is 10.5 Å². The Morgan fingerprint density at radius 1 is 1.41 bits per heavy atom. The van der Waals surface area contributed by atoms with Gasteiger partial charge in [0.2, 0.25) is 0 Å². The molecule has 1 atom stereocenters. The van der Waals surface area contributed by atoms with Crippen LogP contribution in [0.15, 0.2) is 12.7 Å². The SMILES string of the molecule is C[C@H]1CCCc2sc3ncn4ncnc4c3c21. The van der Waals surface area contributed by atoms with Crippen LogP contribution in [0.2, 0.25) is 0 Å². The molecule has 0 amide bonds. The molecule has 86 valence electrons. The van der Waals surface area contributed by atoms with Gasteiger partial charge in [0.1, 0.15) is 17.5 Å². The first-order valence-corrected chi connectivity index (χ1v) is 6.76. The van der Waals surface area contributed by atoms with Crippen LogP contribution in [0.3, 0.4) is 0 Å². The fraction of sp³-hybridized carbons (Fsp3) is 0.417. The van der Waals surface area contributed by atoms with Gasteiger partial charge in [-0.15, -0.1) is 11.3 Å². The van der Waals surface area contributed by atoms with Gasteiger partial charge in [0.05, 0.1) is 5.39 Å². The zero-order chi connectivity index (χ0) is 11.4. The minimum Gasteiger partial charge on any atom is -0.225 e. The highest BCUT2D eigenvalue weighted by Crippen LogP contribution is 2.42. The van der Waals surface area contributed by atoms with E-state index in [-0.39, 0.29) is 0 Å². The van der Waals surface area contributed by atoms with Crippen LogP contribution in [0.1, 0.15) is 36.1 Å². The first-order chi connectivity index (χ1) is 8.34. The van der Waals surface area contributed by atoms with Crippen molar-refractivity contribution in [1.82, 2.24) is 19.6 Å². The predicted octanol–water partition coefficient (Wildman–Crippen LogP) is 2.78. The average molecular weight is 244 g/mol. The molecule has 0 aromatic carbocycles. The minimum absolute atomic E-state index is 0.622. The summed E-state index contributed by atoms with van der Waals surface area (Å²) < 4.78 is 1.77. The molecule has 0 aliphatic heterocycles. The van der Waals surface area contributed by atoms with Gasteiger partial charge in [0, 0.05) is 4.88 Å². The van der Waals surface area contributed by atoms with Crippen molar-refractivity contribution < 1.29 is 0 Å². The molecular weight excluding hydrogens is 232 g/mol. The van der Waals surface area contributed by atoms with Crippen molar-refractivity contribution in [1.29, 1.82) is 0 Å². The van der Waals surface area contributed by atoms with E-state index in [1.807, 2.05) is 11.3 Å². The Labute approximate surface area is 102 Å². The second kappa shape index (κ2) is 3.26. The molecule has 4 rings (SSSR count). The lowest BCUT2D eigenvalue weighted by Crippen LogP contribution is -2.04. The Morgan fingerprint density at radius 3 is 3.29 bits per heavy atom. The summed E-state index contributed by atoms with van der Waals surface area (Å²) in [7, 11) is 0. The summed E-state index contributed by atoms with van der Waals surface area (Å²) in [5.74, 6) is 0.622. The maximum absolute atomic E-state index is 4.50. The lowest BCUT2D eigenvalue weighted by atomic mass is 9.87. The van der Waals surface area contributed by atoms with E-state index < -0.39 is 0 Å². The molecular formula is C12H12N4S. The smallest absolute Gasteiger partial charge is 0.167 e. The van der Waals surface area contributed by atoms with E-state index >= 15 is 0 Å². The fourth-order valence-corrected chi connectivity index (χ4v) is 4.12. The number of thiophene rings is 1. The van der Waals surface area contributed by atoms with Gasteiger partial charge in [-0.1, -0.05) is 6.92 Å². The number of nitrogens with zero attached hydrogens (tertiary/aromatic N) is 4. The van der Waals surface area contributed by atoms with E-state index in [0.29, 0.717) is 5.92 Å². The molecule has 0 N–H and O–H groups in total. The molecule has 1 aliphatic carbocycles. The molecule has 17 heavy (non-hydrogen) atoms. The second-order valence-electron chi connectivity index (χ2n) is 4.69. The Bertz CT molecular complexity index is 712. The average Bonchev–Trinajstić information content (AvgIpc) is 2.91. The highest BCUT2D eigenvalue weighted by Gasteiger charge is 2.24. The van der Waals surface area contributed by atoms with E-state index in [9.17, 15) is 0 Å². The maximum Gasteiger partial charge on any atom is 0.167 e. The van der Waals surface area contributed by atoms with Gasteiger partial charge >= 0.3 is 0 Å². The fourth-order valence-electron chi connectivity index (χ4n) is 2.83. The van der Waals surface area contributed by atoms with Crippen LogP contribution in [0, 0.1) is 0 Å². The lowest BCUT2D eigenvalue weighted by molar-refractivity contribution is 0.602. The van der Waals surface area contributed by atoms with Crippen molar-refractivity contribution in [3.63, 3.8) is 0 Å². The first kappa shape index (κ1) is 9.53. The van der Waals surface area contributed by atoms with Gasteiger partial charge < -0.3 is 0 Å². The topological polar surface area (TPSA) is 43.1 Å². The van der Waals surface area contributed by atoms with Crippen molar-refractivity contribution in [2.45, 2.75) is 32.1 Å². The molecule has 0 fully saturated rings. The molecule has 0 unspecified atom stereocenters. The zero-order valence-electron chi connectivity index (χ0n) is 9.55. The number of hydrogen-bond acceptors (Lipinski definition) is 4. The van der Waals surface area contributed by atoms with Gasteiger partial charge in [0.25, 0.3) is 0 Å². The molecule has 0 radical (unpaired) electrons. The van der Waals surface area contributed by atoms with Crippen molar-refractivity contribution in [3.05, 3.63) is 23.1 Å². The third kappa shape index (κ3) is 1.20. The molecule has 3 aromatic heterocycles. The lowest BCUT2D eigenvalue weighted by Gasteiger charge is -2.18. The van der Waals surface area contributed by atoms with Gasteiger partial charge in [0.15, 0.2) is 5.65 Å². The van der Waals surface area contributed by atoms with Crippen molar-refractivity contribution in [3.8, 4) is 0 Å². The van der Waals surface area contributed by atoms with E-state index in [1.165, 1.54) is 35.1 Å². The molecule has 0 bridgehead atoms. The standard InChI is InChI=1S/C12H12N4S/c1-7-3-2-4-8-9(7)10-11-13-5-15-16(11)6-14-12(10)17-8/h5-7H,2-4H2,1H3/t7-/m0/s1. The summed E-state index contributed by atoms with van der Waals surface area (Å²) in [4.78, 5) is 11.5. The molecule has 0 spiro atoms. The van der Waals surface area contributed by atoms with Crippen LogP contribution in [-0.2, 0) is 6.42 Å². The number of aryl methyl sites for hydroxylation is 1. The van der Waals surface area contributed by atoms with Gasteiger partial charge in [-0.25, -0.2) is 14.5 Å². The summed E-state index contributed by atoms with van der Waals surface area (Å²) in [5, 5.41) is 5.40. The third-order valence-electron chi connectivity index (χ3n) is 3.62. The molecule has 5 heteroatoms. The van der Waals surface area contributed by atoms with Crippen LogP contribution in [0.4, 0.5) is 0 Å². The number of rotatable bonds is 0. The Balaban J connectivity index is 2.21. The molecule has 4 nitrogen and oxygen atoms in total. The number of aromatic nitrogens is 4. The maximum atomic E-state index is 4.50. The van der Waals surface area contributed by atoms with Crippen molar-refractivity contribution in [2.75, 3.05) is 0 Å². The summed E-state index contributed by atoms with van der Waals surface area (Å²) in [6.07, 6.45) is 7.13. The van der Waals surface area contributed by atoms with Gasteiger partial charge in [-0.3, -0.25) is 0 Å². The quantitative estimate of drug-likeness (QED) is 0.610. The summed E-state index contributed by atoms with van der Waals surface area (Å²) in [6.45, 7) is 2.31. The molecule has 3 aromatic rings. The Hall–Kier alpha value is -1.49. The van der Waals surface area contributed by atoms with Gasteiger partial charge in [-0.05, 0) is 30.7 Å². The molecule has 0 saturated heterocycles. The zero-order valence-corrected chi connectivity index (χ0v) is 10.4. The Kier molecular flexibility index (Phi) is 1.83. The summed E-state index contributed by atoms with van der Waals surface area (Å²) >= 11 is 1.83. The normalized spacial score (nSPS) is 19.9. The van der Waals surface area contributed by atoms with Crippen LogP contribution < -0.4 is 0 Å².